The lowest BCUT2D eigenvalue weighted by Crippen LogP contribution is -2.15. The van der Waals surface area contributed by atoms with Gasteiger partial charge in [0.2, 0.25) is 0 Å². The van der Waals surface area contributed by atoms with Crippen molar-refractivity contribution in [2.75, 3.05) is 0 Å². The van der Waals surface area contributed by atoms with Crippen LogP contribution < -0.4 is 0 Å². The molecule has 3 nitrogen and oxygen atoms in total. The number of carbonyl (C=O) groups is 1. The minimum atomic E-state index is -0.997. The molecule has 0 spiro atoms. The van der Waals surface area contributed by atoms with Crippen molar-refractivity contribution in [1.29, 1.82) is 5.26 Å². The summed E-state index contributed by atoms with van der Waals surface area (Å²) in [6.07, 6.45) is 0.415. The number of aromatic nitrogens is 1. The lowest BCUT2D eigenvalue weighted by atomic mass is 10.0. The Balaban J connectivity index is 1.94. The summed E-state index contributed by atoms with van der Waals surface area (Å²) < 4.78 is -0.0348. The van der Waals surface area contributed by atoms with Gasteiger partial charge in [-0.3, -0.25) is 4.79 Å². The predicted octanol–water partition coefficient (Wildman–Crippen LogP) is 3.67. The molecule has 2 atom stereocenters. The van der Waals surface area contributed by atoms with Crippen LogP contribution >= 0.6 is 34.5 Å². The Hall–Kier alpha value is -1.15. The van der Waals surface area contributed by atoms with Gasteiger partial charge in [0.05, 0.1) is 22.2 Å². The average Bonchev–Trinajstić information content (AvgIpc) is 2.84. The highest BCUT2D eigenvalue weighted by molar-refractivity contribution is 7.18. The minimum Gasteiger partial charge on any atom is -0.297 e. The van der Waals surface area contributed by atoms with Crippen molar-refractivity contribution in [1.82, 2.24) is 4.98 Å². The highest BCUT2D eigenvalue weighted by atomic mass is 35.5. The largest absolute Gasteiger partial charge is 0.297 e. The van der Waals surface area contributed by atoms with Gasteiger partial charge >= 0.3 is 0 Å². The number of ketones is 1. The highest BCUT2D eigenvalue weighted by Gasteiger charge is 2.57. The summed E-state index contributed by atoms with van der Waals surface area (Å²) in [5, 5.41) is 9.75. The number of carbonyl (C=O) groups excluding carboxylic acids is 1. The van der Waals surface area contributed by atoms with E-state index in [9.17, 15) is 10.1 Å². The minimum absolute atomic E-state index is 0.230. The van der Waals surface area contributed by atoms with Crippen LogP contribution in [0.2, 0.25) is 0 Å². The Labute approximate surface area is 123 Å². The second kappa shape index (κ2) is 4.45. The number of alkyl halides is 2. The van der Waals surface area contributed by atoms with Gasteiger partial charge < -0.3 is 0 Å². The first-order chi connectivity index (χ1) is 9.03. The third kappa shape index (κ3) is 2.23. The van der Waals surface area contributed by atoms with E-state index in [-0.39, 0.29) is 5.78 Å². The van der Waals surface area contributed by atoms with Crippen molar-refractivity contribution >= 4 is 50.5 Å². The van der Waals surface area contributed by atoms with Gasteiger partial charge in [0, 0.05) is 0 Å². The first-order valence-electron chi connectivity index (χ1n) is 5.69. The molecule has 1 saturated carbocycles. The van der Waals surface area contributed by atoms with E-state index in [1.54, 1.807) is 0 Å². The molecule has 2 unspecified atom stereocenters. The van der Waals surface area contributed by atoms with E-state index < -0.39 is 16.2 Å². The van der Waals surface area contributed by atoms with Crippen molar-refractivity contribution in [2.45, 2.75) is 16.7 Å². The summed E-state index contributed by atoms with van der Waals surface area (Å²) in [5.41, 5.74) is 0.800. The maximum absolute atomic E-state index is 12.2. The van der Waals surface area contributed by atoms with E-state index >= 15 is 0 Å². The van der Waals surface area contributed by atoms with Gasteiger partial charge in [0.15, 0.2) is 11.7 Å². The van der Waals surface area contributed by atoms with Crippen LogP contribution in [-0.4, -0.2) is 15.1 Å². The van der Waals surface area contributed by atoms with Gasteiger partial charge in [-0.15, -0.1) is 34.5 Å². The van der Waals surface area contributed by atoms with Crippen LogP contribution in [0.15, 0.2) is 24.3 Å². The molecule has 1 aromatic heterocycles. The maximum Gasteiger partial charge on any atom is 0.163 e. The first-order valence-corrected chi connectivity index (χ1v) is 7.27. The fraction of sp³-hybridized carbons (Fsp3) is 0.308. The summed E-state index contributed by atoms with van der Waals surface area (Å²) >= 11 is 13.1. The fourth-order valence-corrected chi connectivity index (χ4v) is 3.52. The Bertz CT molecular complexity index is 671. The molecule has 0 saturated heterocycles. The van der Waals surface area contributed by atoms with E-state index in [2.05, 4.69) is 4.98 Å². The molecular formula is C13H8Cl2N2OS. The van der Waals surface area contributed by atoms with Crippen LogP contribution in [0.25, 0.3) is 10.2 Å². The lowest BCUT2D eigenvalue weighted by molar-refractivity contribution is -0.120. The zero-order valence-electron chi connectivity index (χ0n) is 9.64. The predicted molar refractivity (Wildman–Crippen MR) is 75.5 cm³/mol. The van der Waals surface area contributed by atoms with Gasteiger partial charge in [-0.2, -0.15) is 5.26 Å². The second-order valence-electron chi connectivity index (χ2n) is 4.50. The molecular weight excluding hydrogens is 303 g/mol. The lowest BCUT2D eigenvalue weighted by Gasteiger charge is -2.04. The highest BCUT2D eigenvalue weighted by Crippen LogP contribution is 2.55. The smallest absolute Gasteiger partial charge is 0.163 e. The van der Waals surface area contributed by atoms with Crippen LogP contribution in [0.4, 0.5) is 0 Å². The quantitative estimate of drug-likeness (QED) is 0.813. The summed E-state index contributed by atoms with van der Waals surface area (Å²) in [6.45, 7) is 0. The second-order valence-corrected chi connectivity index (χ2v) is 7.11. The number of fused-ring (bicyclic) bond motifs is 1. The van der Waals surface area contributed by atoms with Crippen LogP contribution in [0.3, 0.4) is 0 Å². The molecule has 3 rings (SSSR count). The van der Waals surface area contributed by atoms with Crippen molar-refractivity contribution in [3.8, 4) is 6.07 Å². The summed E-state index contributed by atoms with van der Waals surface area (Å²) in [6, 6.07) is 9.57. The Kier molecular flexibility index (Phi) is 3.01. The number of thiazole rings is 1. The molecule has 0 radical (unpaired) electrons. The van der Waals surface area contributed by atoms with Crippen LogP contribution in [0, 0.1) is 17.2 Å². The van der Waals surface area contributed by atoms with E-state index in [1.807, 2.05) is 30.3 Å². The van der Waals surface area contributed by atoms with Gasteiger partial charge in [-0.1, -0.05) is 12.1 Å². The zero-order chi connectivity index (χ0) is 13.6. The molecule has 1 heterocycles. The van der Waals surface area contributed by atoms with Crippen LogP contribution in [0.1, 0.15) is 17.3 Å². The molecule has 0 N–H and O–H groups in total. The number of hydrogen-bond donors (Lipinski definition) is 0. The molecule has 0 aliphatic heterocycles. The molecule has 0 amide bonds. The topological polar surface area (TPSA) is 53.8 Å². The molecule has 19 heavy (non-hydrogen) atoms. The maximum atomic E-state index is 12.2. The molecule has 6 heteroatoms. The number of nitriles is 1. The molecule has 1 aliphatic rings. The standard InChI is InChI=1S/C13H8Cl2N2OS/c14-13(15)5-8(13)11(18)7(6-16)12-17-9-3-1-2-4-10(9)19-12/h1-4,7-8H,5H2. The molecule has 0 bridgehead atoms. The van der Waals surface area contributed by atoms with Crippen molar-refractivity contribution in [3.63, 3.8) is 0 Å². The Morgan fingerprint density at radius 1 is 1.53 bits per heavy atom. The van der Waals surface area contributed by atoms with Crippen LogP contribution in [-0.2, 0) is 4.79 Å². The molecule has 1 aliphatic carbocycles. The molecule has 2 aromatic rings. The number of Topliss-reactive ketones (excluding diaryl/α,β-unsaturated/α-hetero) is 1. The van der Waals surface area contributed by atoms with Crippen LogP contribution in [0.5, 0.6) is 0 Å². The zero-order valence-corrected chi connectivity index (χ0v) is 12.0. The monoisotopic (exact) mass is 310 g/mol. The van der Waals surface area contributed by atoms with E-state index in [4.69, 9.17) is 23.2 Å². The van der Waals surface area contributed by atoms with Crippen molar-refractivity contribution in [2.24, 2.45) is 5.92 Å². The van der Waals surface area contributed by atoms with E-state index in [0.29, 0.717) is 11.4 Å². The number of halogens is 2. The number of para-hydroxylation sites is 1. The van der Waals surface area contributed by atoms with Gasteiger partial charge in [0.1, 0.15) is 9.34 Å². The Morgan fingerprint density at radius 3 is 2.79 bits per heavy atom. The number of nitrogens with zero attached hydrogens (tertiary/aromatic N) is 2. The summed E-state index contributed by atoms with van der Waals surface area (Å²) in [4.78, 5) is 16.6. The number of benzene rings is 1. The molecule has 1 fully saturated rings. The summed E-state index contributed by atoms with van der Waals surface area (Å²) in [5.74, 6) is -1.55. The number of hydrogen-bond acceptors (Lipinski definition) is 4. The number of rotatable bonds is 3. The van der Waals surface area contributed by atoms with Crippen molar-refractivity contribution in [3.05, 3.63) is 29.3 Å². The van der Waals surface area contributed by atoms with Gasteiger partial charge in [-0.25, -0.2) is 4.98 Å². The Morgan fingerprint density at radius 2 is 2.21 bits per heavy atom. The molecule has 96 valence electrons. The van der Waals surface area contributed by atoms with Gasteiger partial charge in [0.25, 0.3) is 0 Å². The third-order valence-electron chi connectivity index (χ3n) is 3.14. The van der Waals surface area contributed by atoms with Gasteiger partial charge in [-0.05, 0) is 18.6 Å². The fourth-order valence-electron chi connectivity index (χ4n) is 1.98. The van der Waals surface area contributed by atoms with E-state index in [0.717, 1.165) is 10.2 Å². The average molecular weight is 311 g/mol. The summed E-state index contributed by atoms with van der Waals surface area (Å²) in [7, 11) is 0. The first kappa shape index (κ1) is 12.9. The normalized spacial score (nSPS) is 21.8. The SMILES string of the molecule is N#CC(C(=O)C1CC1(Cl)Cl)c1nc2ccccc2s1. The van der Waals surface area contributed by atoms with E-state index in [1.165, 1.54) is 11.3 Å². The molecule has 1 aromatic carbocycles. The third-order valence-corrected chi connectivity index (χ3v) is 5.08. The van der Waals surface area contributed by atoms with Crippen molar-refractivity contribution < 1.29 is 4.79 Å².